The van der Waals surface area contributed by atoms with Crippen LogP contribution in [0.5, 0.6) is 0 Å². The van der Waals surface area contributed by atoms with E-state index in [4.69, 9.17) is 4.74 Å². The molecule has 0 bridgehead atoms. The fourth-order valence-electron chi connectivity index (χ4n) is 3.02. The van der Waals surface area contributed by atoms with E-state index in [2.05, 4.69) is 4.98 Å². The number of ether oxygens (including phenoxy) is 1. The highest BCUT2D eigenvalue weighted by atomic mass is 32.1. The van der Waals surface area contributed by atoms with Crippen molar-refractivity contribution in [3.05, 3.63) is 16.6 Å². The van der Waals surface area contributed by atoms with Gasteiger partial charge in [-0.3, -0.25) is 4.79 Å². The van der Waals surface area contributed by atoms with Gasteiger partial charge in [0.2, 0.25) is 5.91 Å². The molecule has 2 amide bonds. The maximum atomic E-state index is 12.6. The molecule has 1 aliphatic rings. The molecule has 1 aliphatic heterocycles. The van der Waals surface area contributed by atoms with E-state index >= 15 is 0 Å². The minimum atomic E-state index is -0.510. The predicted octanol–water partition coefficient (Wildman–Crippen LogP) is 2.93. The van der Waals surface area contributed by atoms with E-state index in [0.717, 1.165) is 5.69 Å². The van der Waals surface area contributed by atoms with Crippen LogP contribution in [0, 0.1) is 0 Å². The van der Waals surface area contributed by atoms with Gasteiger partial charge in [0.1, 0.15) is 5.60 Å². The van der Waals surface area contributed by atoms with Gasteiger partial charge >= 0.3 is 6.09 Å². The molecule has 1 saturated heterocycles. The van der Waals surface area contributed by atoms with Gasteiger partial charge in [0.05, 0.1) is 11.2 Å². The average molecular weight is 353 g/mol. The van der Waals surface area contributed by atoms with E-state index in [1.54, 1.807) is 21.7 Å². The number of aryl methyl sites for hydroxylation is 1. The molecule has 1 aromatic rings. The van der Waals surface area contributed by atoms with Gasteiger partial charge < -0.3 is 14.5 Å². The SMILES string of the molecule is CC1CN(C(=O)OC(C)(C)C)CC(C)N1C(=O)CCc1cscn1. The maximum Gasteiger partial charge on any atom is 0.410 e. The van der Waals surface area contributed by atoms with Crippen LogP contribution in [-0.4, -0.2) is 57.6 Å². The zero-order chi connectivity index (χ0) is 17.9. The minimum Gasteiger partial charge on any atom is -0.444 e. The number of carbonyl (C=O) groups is 2. The highest BCUT2D eigenvalue weighted by molar-refractivity contribution is 7.07. The normalized spacial score (nSPS) is 21.7. The van der Waals surface area contributed by atoms with Gasteiger partial charge in [-0.05, 0) is 41.0 Å². The molecule has 0 saturated carbocycles. The first-order valence-electron chi connectivity index (χ1n) is 8.33. The van der Waals surface area contributed by atoms with Gasteiger partial charge in [0.15, 0.2) is 0 Å². The Balaban J connectivity index is 1.92. The number of rotatable bonds is 3. The van der Waals surface area contributed by atoms with Crippen molar-refractivity contribution < 1.29 is 14.3 Å². The zero-order valence-corrected chi connectivity index (χ0v) is 15.9. The van der Waals surface area contributed by atoms with Gasteiger partial charge in [-0.25, -0.2) is 9.78 Å². The number of hydrogen-bond donors (Lipinski definition) is 0. The minimum absolute atomic E-state index is 0.0239. The second kappa shape index (κ2) is 7.51. The first kappa shape index (κ1) is 18.7. The second-order valence-electron chi connectivity index (χ2n) is 7.36. The lowest BCUT2D eigenvalue weighted by Crippen LogP contribution is -2.60. The number of aromatic nitrogens is 1. The summed E-state index contributed by atoms with van der Waals surface area (Å²) < 4.78 is 5.44. The molecule has 24 heavy (non-hydrogen) atoms. The summed E-state index contributed by atoms with van der Waals surface area (Å²) in [6, 6.07) is -0.0478. The van der Waals surface area contributed by atoms with Crippen LogP contribution in [0.2, 0.25) is 0 Å². The van der Waals surface area contributed by atoms with Gasteiger partial charge in [0, 0.05) is 37.0 Å². The van der Waals surface area contributed by atoms with E-state index in [0.29, 0.717) is 25.9 Å². The van der Waals surface area contributed by atoms with Gasteiger partial charge in [-0.2, -0.15) is 0 Å². The quantitative estimate of drug-likeness (QED) is 0.838. The first-order chi connectivity index (χ1) is 11.2. The Hall–Kier alpha value is -1.63. The molecule has 0 spiro atoms. The van der Waals surface area contributed by atoms with E-state index in [1.807, 2.05) is 44.9 Å². The van der Waals surface area contributed by atoms with Gasteiger partial charge in [0.25, 0.3) is 0 Å². The van der Waals surface area contributed by atoms with Crippen molar-refractivity contribution in [1.82, 2.24) is 14.8 Å². The van der Waals surface area contributed by atoms with Crippen LogP contribution < -0.4 is 0 Å². The highest BCUT2D eigenvalue weighted by Crippen LogP contribution is 2.20. The lowest BCUT2D eigenvalue weighted by molar-refractivity contribution is -0.139. The average Bonchev–Trinajstić information content (AvgIpc) is 2.95. The summed E-state index contributed by atoms with van der Waals surface area (Å²) in [5.74, 6) is 0.117. The Bertz CT molecular complexity index is 556. The van der Waals surface area contributed by atoms with Gasteiger partial charge in [-0.1, -0.05) is 0 Å². The Morgan fingerprint density at radius 2 is 1.92 bits per heavy atom. The summed E-state index contributed by atoms with van der Waals surface area (Å²) in [5.41, 5.74) is 2.23. The third-order valence-corrected chi connectivity index (χ3v) is 4.57. The molecule has 2 heterocycles. The molecular formula is C17H27N3O3S. The maximum absolute atomic E-state index is 12.6. The van der Waals surface area contributed by atoms with E-state index < -0.39 is 5.60 Å². The molecule has 2 rings (SSSR count). The number of carbonyl (C=O) groups excluding carboxylic acids is 2. The van der Waals surface area contributed by atoms with Crippen molar-refractivity contribution in [2.24, 2.45) is 0 Å². The zero-order valence-electron chi connectivity index (χ0n) is 15.1. The number of amides is 2. The van der Waals surface area contributed by atoms with E-state index in [9.17, 15) is 9.59 Å². The topological polar surface area (TPSA) is 62.7 Å². The van der Waals surface area contributed by atoms with Crippen molar-refractivity contribution >= 4 is 23.3 Å². The van der Waals surface area contributed by atoms with Crippen LogP contribution in [0.1, 0.15) is 46.7 Å². The molecule has 0 aromatic carbocycles. The summed E-state index contributed by atoms with van der Waals surface area (Å²) in [5, 5.41) is 1.97. The lowest BCUT2D eigenvalue weighted by atomic mass is 10.1. The molecule has 7 heteroatoms. The van der Waals surface area contributed by atoms with E-state index in [1.165, 1.54) is 0 Å². The van der Waals surface area contributed by atoms with Crippen LogP contribution in [0.25, 0.3) is 0 Å². The fourth-order valence-corrected chi connectivity index (χ4v) is 3.61. The number of piperazine rings is 1. The number of thiazole rings is 1. The lowest BCUT2D eigenvalue weighted by Gasteiger charge is -2.44. The van der Waals surface area contributed by atoms with Crippen LogP contribution in [0.4, 0.5) is 4.79 Å². The van der Waals surface area contributed by atoms with Gasteiger partial charge in [-0.15, -0.1) is 11.3 Å². The molecular weight excluding hydrogens is 326 g/mol. The van der Waals surface area contributed by atoms with Crippen molar-refractivity contribution in [2.45, 2.75) is 65.1 Å². The summed E-state index contributed by atoms with van der Waals surface area (Å²) in [6.07, 6.45) is 0.801. The van der Waals surface area contributed by atoms with Crippen LogP contribution >= 0.6 is 11.3 Å². The monoisotopic (exact) mass is 353 g/mol. The van der Waals surface area contributed by atoms with Crippen LogP contribution in [0.3, 0.4) is 0 Å². The van der Waals surface area contributed by atoms with Crippen molar-refractivity contribution in [3.8, 4) is 0 Å². The van der Waals surface area contributed by atoms with Crippen molar-refractivity contribution in [3.63, 3.8) is 0 Å². The van der Waals surface area contributed by atoms with Crippen LogP contribution in [-0.2, 0) is 16.0 Å². The summed E-state index contributed by atoms with van der Waals surface area (Å²) in [4.78, 5) is 32.7. The summed E-state index contributed by atoms with van der Waals surface area (Å²) in [6.45, 7) is 10.5. The molecule has 0 radical (unpaired) electrons. The first-order valence-corrected chi connectivity index (χ1v) is 9.28. The highest BCUT2D eigenvalue weighted by Gasteiger charge is 2.36. The Morgan fingerprint density at radius 1 is 1.29 bits per heavy atom. The van der Waals surface area contributed by atoms with Crippen LogP contribution in [0.15, 0.2) is 10.9 Å². The molecule has 1 aromatic heterocycles. The Morgan fingerprint density at radius 3 is 2.42 bits per heavy atom. The molecule has 6 nitrogen and oxygen atoms in total. The fraction of sp³-hybridized carbons (Fsp3) is 0.706. The number of hydrogen-bond acceptors (Lipinski definition) is 5. The summed E-state index contributed by atoms with van der Waals surface area (Å²) in [7, 11) is 0. The molecule has 2 unspecified atom stereocenters. The molecule has 2 atom stereocenters. The molecule has 0 N–H and O–H groups in total. The summed E-state index contributed by atoms with van der Waals surface area (Å²) >= 11 is 1.54. The molecule has 0 aliphatic carbocycles. The van der Waals surface area contributed by atoms with Crippen molar-refractivity contribution in [2.75, 3.05) is 13.1 Å². The molecule has 1 fully saturated rings. The molecule has 134 valence electrons. The predicted molar refractivity (Wildman–Crippen MR) is 94.0 cm³/mol. The Labute approximate surface area is 147 Å². The second-order valence-corrected chi connectivity index (χ2v) is 8.08. The number of nitrogens with zero attached hydrogens (tertiary/aromatic N) is 3. The largest absolute Gasteiger partial charge is 0.444 e. The van der Waals surface area contributed by atoms with E-state index in [-0.39, 0.29) is 24.1 Å². The third-order valence-electron chi connectivity index (χ3n) is 3.94. The Kier molecular flexibility index (Phi) is 5.85. The van der Waals surface area contributed by atoms with Crippen molar-refractivity contribution in [1.29, 1.82) is 0 Å². The standard InChI is InChI=1S/C17H27N3O3S/c1-12-8-19(16(22)23-17(3,4)5)9-13(2)20(12)15(21)7-6-14-10-24-11-18-14/h10-13H,6-9H2,1-5H3. The third kappa shape index (κ3) is 4.93. The smallest absolute Gasteiger partial charge is 0.410 e.